The van der Waals surface area contributed by atoms with E-state index in [1.165, 1.54) is 79.2 Å². The zero-order chi connectivity index (χ0) is 46.1. The van der Waals surface area contributed by atoms with Crippen LogP contribution in [0.1, 0.15) is 148 Å². The molecule has 0 radical (unpaired) electrons. The largest absolute Gasteiger partial charge is 0.509 e. The van der Waals surface area contributed by atoms with Crippen LogP contribution in [0.4, 0.5) is 0 Å². The summed E-state index contributed by atoms with van der Waals surface area (Å²) in [6, 6.07) is 14.0. The Morgan fingerprint density at radius 2 is 1.80 bits per heavy atom. The van der Waals surface area contributed by atoms with Crippen molar-refractivity contribution >= 4 is 18.0 Å². The molecule has 7 aliphatic carbocycles. The maximum absolute atomic E-state index is 16.4. The number of aliphatic hydroxyl groups is 1. The number of hydrogen-bond donors (Lipinski definition) is 2. The van der Waals surface area contributed by atoms with Crippen LogP contribution < -0.4 is 5.73 Å². The van der Waals surface area contributed by atoms with E-state index in [2.05, 4.69) is 71.3 Å². The minimum Gasteiger partial charge on any atom is -0.509 e. The predicted molar refractivity (Wildman–Crippen MR) is 265 cm³/mol. The van der Waals surface area contributed by atoms with E-state index in [0.29, 0.717) is 79.2 Å². The van der Waals surface area contributed by atoms with E-state index >= 15 is 9.59 Å². The fourth-order valence-corrected chi connectivity index (χ4v) is 19.6. The van der Waals surface area contributed by atoms with Crippen molar-refractivity contribution in [2.45, 2.75) is 147 Å². The van der Waals surface area contributed by atoms with Crippen molar-refractivity contribution in [2.24, 2.45) is 63.9 Å². The minimum absolute atomic E-state index is 0.140. The molecule has 9 aliphatic heterocycles. The van der Waals surface area contributed by atoms with E-state index in [1.807, 2.05) is 0 Å². The first kappa shape index (κ1) is 42.3. The maximum atomic E-state index is 16.4. The van der Waals surface area contributed by atoms with Gasteiger partial charge in [0.2, 0.25) is 0 Å². The molecule has 9 heterocycles. The van der Waals surface area contributed by atoms with Crippen LogP contribution in [-0.2, 0) is 39.1 Å². The highest BCUT2D eigenvalue weighted by molar-refractivity contribution is 6.00. The molecule has 2 aromatic rings. The van der Waals surface area contributed by atoms with Crippen LogP contribution in [0.5, 0.6) is 0 Å². The summed E-state index contributed by atoms with van der Waals surface area (Å²) in [5, 5.41) is 13.5. The molecule has 15 bridgehead atoms. The van der Waals surface area contributed by atoms with Crippen molar-refractivity contribution in [2.75, 3.05) is 26.2 Å². The molecule has 8 nitrogen and oxygen atoms in total. The molecule has 13 atom stereocenters. The molecule has 5 fully saturated rings. The topological polar surface area (TPSA) is 105 Å². The highest BCUT2D eigenvalue weighted by Crippen LogP contribution is 2.87. The molecule has 0 amide bonds. The first-order valence-corrected chi connectivity index (χ1v) is 27.9. The summed E-state index contributed by atoms with van der Waals surface area (Å²) in [6.07, 6.45) is 26.4. The average Bonchev–Trinajstić information content (AvgIpc) is 3.70. The zero-order valence-electron chi connectivity index (χ0n) is 40.8. The molecule has 69 heavy (non-hydrogen) atoms. The quantitative estimate of drug-likeness (QED) is 0.286. The number of aryl methyl sites for hydroxylation is 2. The van der Waals surface area contributed by atoms with Crippen LogP contribution >= 0.6 is 0 Å². The van der Waals surface area contributed by atoms with Crippen molar-refractivity contribution in [3.63, 3.8) is 0 Å². The van der Waals surface area contributed by atoms with Crippen LogP contribution in [0.15, 0.2) is 88.1 Å². The molecule has 3 N–H and O–H groups in total. The number of benzene rings is 2. The first-order chi connectivity index (χ1) is 33.7. The van der Waals surface area contributed by atoms with Gasteiger partial charge in [-0.3, -0.25) is 9.69 Å². The number of piperidine rings is 2. The third-order valence-corrected chi connectivity index (χ3v) is 21.9. The Morgan fingerprint density at radius 1 is 0.928 bits per heavy atom. The first-order valence-electron chi connectivity index (χ1n) is 27.9. The third kappa shape index (κ3) is 5.39. The number of nitrogens with zero attached hydrogens (tertiary/aromatic N) is 2. The highest BCUT2D eigenvalue weighted by Gasteiger charge is 2.93. The Morgan fingerprint density at radius 3 is 2.68 bits per heavy atom. The lowest BCUT2D eigenvalue weighted by Gasteiger charge is -2.71. The second kappa shape index (κ2) is 15.1. The van der Waals surface area contributed by atoms with Gasteiger partial charge in [0.05, 0.1) is 11.0 Å². The van der Waals surface area contributed by atoms with Crippen LogP contribution in [0.25, 0.3) is 6.08 Å². The van der Waals surface area contributed by atoms with E-state index in [9.17, 15) is 5.11 Å². The predicted octanol–water partition coefficient (Wildman–Crippen LogP) is 10.8. The van der Waals surface area contributed by atoms with Gasteiger partial charge in [-0.15, -0.1) is 0 Å². The number of carbonyl (C=O) groups excluding carboxylic acids is 2. The van der Waals surface area contributed by atoms with Gasteiger partial charge in [-0.05, 0) is 153 Å². The Labute approximate surface area is 408 Å². The Hall–Kier alpha value is -4.40. The zero-order valence-corrected chi connectivity index (χ0v) is 40.8. The monoisotopic (exact) mass is 926 g/mol. The number of fused-ring (bicyclic) bond motifs is 5. The van der Waals surface area contributed by atoms with Gasteiger partial charge in [-0.1, -0.05) is 110 Å². The molecule has 360 valence electrons. The van der Waals surface area contributed by atoms with Crippen molar-refractivity contribution in [1.82, 2.24) is 9.80 Å². The molecule has 13 unspecified atom stereocenters. The van der Waals surface area contributed by atoms with Gasteiger partial charge < -0.3 is 25.2 Å². The Kier molecular flexibility index (Phi) is 9.24. The van der Waals surface area contributed by atoms with Gasteiger partial charge in [0.15, 0.2) is 11.4 Å². The lowest BCUT2D eigenvalue weighted by Crippen LogP contribution is -2.77. The molecule has 16 aliphatic rings. The number of carbonyl (C=O) groups is 2. The molecule has 8 heteroatoms. The van der Waals surface area contributed by atoms with Gasteiger partial charge in [0, 0.05) is 61.2 Å². The molecule has 3 saturated heterocycles. The number of aliphatic hydroxyl groups excluding tert-OH is 1. The SMILES string of the molecule is CC1CC2=C3C4C5=C6C=C(Cc7cccc8c7C=CC(CC8)CC7C68C(=O)OC(=C(O)CC(CC6CCCCC6)N6CC9CC(C6)C(CC2)N3C9)C8(CC5)C72OC(=O)c3c(CCCN)cccc32)C14. The number of hydrogen-bond acceptors (Lipinski definition) is 8. The van der Waals surface area contributed by atoms with Crippen molar-refractivity contribution in [1.29, 1.82) is 0 Å². The standard InChI is InChI=1S/C61H71N3O5/c1-34-24-41-18-20-49-43-25-37-31-63(33-43)44(26-35-8-3-2-4-9-35)30-50(65)56-59-22-21-46-48-29-42(52(34)54(46)55(41)64(49)32-37)28-40-12-5-10-38-17-15-36(16-19-45(38)40)27-51(60(48,59)58(67)68-56)61(59)47-14-6-11-39(13-7-23-62)53(47)57(66)69-61/h5-6,10-12,14,16,19,29,34-37,43-44,49,51-52,54,65H,2-4,7-9,13,15,17-18,20-28,30-33,62H2,1H3. The summed E-state index contributed by atoms with van der Waals surface area (Å²) in [6.45, 7) is 6.30. The summed E-state index contributed by atoms with van der Waals surface area (Å²) in [5.74, 6) is 2.65. The lowest BCUT2D eigenvalue weighted by atomic mass is 9.28. The smallest absolute Gasteiger partial charge is 0.339 e. The number of allylic oxidation sites excluding steroid dienone is 5. The summed E-state index contributed by atoms with van der Waals surface area (Å²) in [7, 11) is 0. The molecule has 2 aromatic carbocycles. The average molecular weight is 926 g/mol. The van der Waals surface area contributed by atoms with Gasteiger partial charge in [-0.2, -0.15) is 0 Å². The van der Waals surface area contributed by atoms with E-state index < -0.39 is 22.3 Å². The maximum Gasteiger partial charge on any atom is 0.339 e. The van der Waals surface area contributed by atoms with Gasteiger partial charge >= 0.3 is 11.9 Å². The normalized spacial score (nSPS) is 40.9. The van der Waals surface area contributed by atoms with E-state index in [4.69, 9.17) is 15.2 Å². The van der Waals surface area contributed by atoms with Crippen LogP contribution in [0.2, 0.25) is 0 Å². The van der Waals surface area contributed by atoms with Crippen LogP contribution in [0.3, 0.4) is 0 Å². The fraction of sp³-hybridized carbons (Fsp3) is 0.607. The summed E-state index contributed by atoms with van der Waals surface area (Å²) in [5.41, 5.74) is 16.8. The minimum atomic E-state index is -1.20. The molecule has 2 saturated carbocycles. The van der Waals surface area contributed by atoms with Crippen LogP contribution in [-0.4, -0.2) is 65.1 Å². The second-order valence-electron chi connectivity index (χ2n) is 24.9. The lowest BCUT2D eigenvalue weighted by molar-refractivity contribution is -0.277. The fourth-order valence-electron chi connectivity index (χ4n) is 19.6. The number of esters is 2. The Bertz CT molecular complexity index is 2770. The number of rotatable bonds is 5. The summed E-state index contributed by atoms with van der Waals surface area (Å²) < 4.78 is 14.5. The van der Waals surface area contributed by atoms with E-state index in [0.717, 1.165) is 81.3 Å². The van der Waals surface area contributed by atoms with Crippen molar-refractivity contribution in [3.8, 4) is 0 Å². The summed E-state index contributed by atoms with van der Waals surface area (Å²) >= 11 is 0. The van der Waals surface area contributed by atoms with Crippen molar-refractivity contribution < 1.29 is 24.2 Å². The molecular weight excluding hydrogens is 855 g/mol. The molecule has 3 spiro atoms. The number of nitrogens with two attached hydrogens (primary N) is 1. The molecule has 0 aromatic heterocycles. The second-order valence-corrected chi connectivity index (χ2v) is 24.9. The highest BCUT2D eigenvalue weighted by atomic mass is 16.6. The van der Waals surface area contributed by atoms with E-state index in [-0.39, 0.29) is 35.6 Å². The molecular formula is C61H71N3O5. The van der Waals surface area contributed by atoms with E-state index in [1.54, 1.807) is 11.3 Å². The van der Waals surface area contributed by atoms with Gasteiger partial charge in [0.25, 0.3) is 0 Å². The molecule has 18 rings (SSSR count). The van der Waals surface area contributed by atoms with Crippen molar-refractivity contribution in [3.05, 3.63) is 121 Å². The van der Waals surface area contributed by atoms with Gasteiger partial charge in [-0.25, -0.2) is 4.79 Å². The van der Waals surface area contributed by atoms with Gasteiger partial charge in [0.1, 0.15) is 11.2 Å². The van der Waals surface area contributed by atoms with Crippen LogP contribution in [0, 0.1) is 58.2 Å². The Balaban J connectivity index is 1.03. The summed E-state index contributed by atoms with van der Waals surface area (Å²) in [4.78, 5) is 37.4. The number of ether oxygens (including phenoxy) is 2. The third-order valence-electron chi connectivity index (χ3n) is 21.9.